The third-order valence-corrected chi connectivity index (χ3v) is 6.28. The number of aryl methyl sites for hydroxylation is 2. The van der Waals surface area contributed by atoms with E-state index in [1.165, 1.54) is 42.2 Å². The number of carbonyl (C=O) groups is 1. The van der Waals surface area contributed by atoms with E-state index in [1.54, 1.807) is 6.33 Å². The highest BCUT2D eigenvalue weighted by atomic mass is 32.2. The van der Waals surface area contributed by atoms with Crippen LogP contribution in [0.1, 0.15) is 50.7 Å². The highest BCUT2D eigenvalue weighted by molar-refractivity contribution is 8.00. The summed E-state index contributed by atoms with van der Waals surface area (Å²) in [5.41, 5.74) is 3.44. The van der Waals surface area contributed by atoms with Crippen LogP contribution in [0, 0.1) is 19.8 Å². The Bertz CT molecular complexity index is 773. The van der Waals surface area contributed by atoms with Crippen LogP contribution in [0.25, 0.3) is 5.69 Å². The summed E-state index contributed by atoms with van der Waals surface area (Å²) in [5.74, 6) is 0.646. The molecule has 3 rings (SSSR count). The van der Waals surface area contributed by atoms with Gasteiger partial charge in [0.05, 0.1) is 10.9 Å². The van der Waals surface area contributed by atoms with E-state index in [4.69, 9.17) is 0 Å². The van der Waals surface area contributed by atoms with Crippen LogP contribution in [0.2, 0.25) is 0 Å². The molecule has 0 saturated heterocycles. The first-order valence-corrected chi connectivity index (χ1v) is 10.3. The maximum Gasteiger partial charge on any atom is 0.233 e. The average Bonchev–Trinajstić information content (AvgIpc) is 3.04. The lowest BCUT2D eigenvalue weighted by Crippen LogP contribution is -2.44. The molecule has 0 radical (unpaired) electrons. The Balaban J connectivity index is 1.69. The zero-order chi connectivity index (χ0) is 18.7. The molecule has 1 saturated carbocycles. The number of hydrogen-bond donors (Lipinski definition) is 1. The van der Waals surface area contributed by atoms with Crippen molar-refractivity contribution in [1.29, 1.82) is 0 Å². The molecule has 140 valence electrons. The summed E-state index contributed by atoms with van der Waals surface area (Å²) in [6.07, 6.45) is 6.49. The van der Waals surface area contributed by atoms with Crippen LogP contribution in [0.5, 0.6) is 0 Å². The number of nitrogens with one attached hydrogen (secondary N) is 1. The Morgan fingerprint density at radius 1 is 1.31 bits per heavy atom. The van der Waals surface area contributed by atoms with Gasteiger partial charge in [-0.05, 0) is 51.2 Å². The highest BCUT2D eigenvalue weighted by Crippen LogP contribution is 2.27. The topological polar surface area (TPSA) is 59.8 Å². The van der Waals surface area contributed by atoms with Crippen molar-refractivity contribution in [3.05, 3.63) is 35.7 Å². The van der Waals surface area contributed by atoms with Crippen LogP contribution in [-0.4, -0.2) is 32.0 Å². The van der Waals surface area contributed by atoms with Gasteiger partial charge in [0.2, 0.25) is 5.91 Å². The number of carbonyl (C=O) groups excluding carboxylic acids is 1. The van der Waals surface area contributed by atoms with Crippen LogP contribution in [0.3, 0.4) is 0 Å². The molecule has 1 amide bonds. The minimum absolute atomic E-state index is 0.0870. The molecule has 3 atom stereocenters. The van der Waals surface area contributed by atoms with Crippen molar-refractivity contribution in [2.75, 3.05) is 0 Å². The summed E-state index contributed by atoms with van der Waals surface area (Å²) in [5, 5.41) is 12.1. The fourth-order valence-electron chi connectivity index (χ4n) is 3.59. The molecular weight excluding hydrogens is 344 g/mol. The Morgan fingerprint density at radius 3 is 2.81 bits per heavy atom. The predicted molar refractivity (Wildman–Crippen MR) is 106 cm³/mol. The zero-order valence-corrected chi connectivity index (χ0v) is 16.8. The smallest absolute Gasteiger partial charge is 0.233 e. The van der Waals surface area contributed by atoms with E-state index in [1.807, 2.05) is 11.5 Å². The lowest BCUT2D eigenvalue weighted by atomic mass is 9.86. The van der Waals surface area contributed by atoms with Crippen molar-refractivity contribution in [3.63, 3.8) is 0 Å². The molecule has 0 bridgehead atoms. The van der Waals surface area contributed by atoms with Crippen LogP contribution >= 0.6 is 11.8 Å². The molecule has 1 aliphatic carbocycles. The monoisotopic (exact) mass is 372 g/mol. The van der Waals surface area contributed by atoms with Crippen molar-refractivity contribution in [3.8, 4) is 5.69 Å². The molecule has 26 heavy (non-hydrogen) atoms. The summed E-state index contributed by atoms with van der Waals surface area (Å²) >= 11 is 1.46. The second-order valence-electron chi connectivity index (χ2n) is 7.41. The Morgan fingerprint density at radius 2 is 2.08 bits per heavy atom. The largest absolute Gasteiger partial charge is 0.352 e. The van der Waals surface area contributed by atoms with E-state index >= 15 is 0 Å². The molecule has 1 aromatic carbocycles. The fourth-order valence-corrected chi connectivity index (χ4v) is 4.43. The number of benzene rings is 1. The van der Waals surface area contributed by atoms with Gasteiger partial charge in [0.1, 0.15) is 6.33 Å². The van der Waals surface area contributed by atoms with Crippen molar-refractivity contribution in [2.45, 2.75) is 69.8 Å². The Labute approximate surface area is 160 Å². The number of rotatable bonds is 5. The fraction of sp³-hybridized carbons (Fsp3) is 0.550. The predicted octanol–water partition coefficient (Wildman–Crippen LogP) is 4.06. The zero-order valence-electron chi connectivity index (χ0n) is 16.0. The van der Waals surface area contributed by atoms with Crippen molar-refractivity contribution in [2.24, 2.45) is 5.92 Å². The average molecular weight is 373 g/mol. The Kier molecular flexibility index (Phi) is 6.01. The van der Waals surface area contributed by atoms with Crippen LogP contribution in [-0.2, 0) is 4.79 Å². The third kappa shape index (κ3) is 4.29. The van der Waals surface area contributed by atoms with Crippen molar-refractivity contribution >= 4 is 17.7 Å². The normalized spacial score (nSPS) is 21.4. The molecule has 6 heteroatoms. The van der Waals surface area contributed by atoms with E-state index in [-0.39, 0.29) is 11.2 Å². The van der Waals surface area contributed by atoms with Crippen LogP contribution in [0.15, 0.2) is 29.7 Å². The number of amides is 1. The molecule has 1 N–H and O–H groups in total. The quantitative estimate of drug-likeness (QED) is 0.804. The summed E-state index contributed by atoms with van der Waals surface area (Å²) in [6.45, 7) is 8.34. The van der Waals surface area contributed by atoms with E-state index in [0.717, 1.165) is 17.3 Å². The lowest BCUT2D eigenvalue weighted by Gasteiger charge is -2.30. The number of aromatic nitrogens is 3. The van der Waals surface area contributed by atoms with Gasteiger partial charge in [-0.2, -0.15) is 0 Å². The lowest BCUT2D eigenvalue weighted by molar-refractivity contribution is -0.121. The van der Waals surface area contributed by atoms with Gasteiger partial charge in [-0.1, -0.05) is 49.2 Å². The van der Waals surface area contributed by atoms with Gasteiger partial charge in [0.25, 0.3) is 0 Å². The molecule has 1 aromatic heterocycles. The van der Waals surface area contributed by atoms with Gasteiger partial charge >= 0.3 is 0 Å². The molecular formula is C20H28N4OS. The minimum Gasteiger partial charge on any atom is -0.352 e. The summed E-state index contributed by atoms with van der Waals surface area (Å²) in [7, 11) is 0. The van der Waals surface area contributed by atoms with Gasteiger partial charge in [0, 0.05) is 6.04 Å². The van der Waals surface area contributed by atoms with Gasteiger partial charge in [0.15, 0.2) is 5.16 Å². The van der Waals surface area contributed by atoms with Crippen LogP contribution in [0.4, 0.5) is 0 Å². The highest BCUT2D eigenvalue weighted by Gasteiger charge is 2.26. The van der Waals surface area contributed by atoms with Crippen molar-refractivity contribution < 1.29 is 4.79 Å². The van der Waals surface area contributed by atoms with E-state index in [0.29, 0.717) is 12.0 Å². The van der Waals surface area contributed by atoms with E-state index in [2.05, 4.69) is 54.5 Å². The maximum absolute atomic E-state index is 12.7. The molecule has 5 nitrogen and oxygen atoms in total. The van der Waals surface area contributed by atoms with Gasteiger partial charge < -0.3 is 5.32 Å². The minimum atomic E-state index is -0.210. The molecule has 3 unspecified atom stereocenters. The summed E-state index contributed by atoms with van der Waals surface area (Å²) in [6, 6.07) is 6.60. The van der Waals surface area contributed by atoms with E-state index in [9.17, 15) is 4.79 Å². The standard InChI is InChI=1S/C20H28N4OS/c1-13-9-10-18(15(3)11-13)24-12-21-23-20(24)26-16(4)19(25)22-17-8-6-5-7-14(17)2/h9-12,14,16-17H,5-8H2,1-4H3,(H,22,25). The first-order chi connectivity index (χ1) is 12.5. The van der Waals surface area contributed by atoms with Crippen molar-refractivity contribution in [1.82, 2.24) is 20.1 Å². The van der Waals surface area contributed by atoms with Gasteiger partial charge in [-0.3, -0.25) is 9.36 Å². The SMILES string of the molecule is Cc1ccc(-n2cnnc2SC(C)C(=O)NC2CCCCC2C)c(C)c1. The molecule has 1 aliphatic rings. The molecule has 1 fully saturated rings. The molecule has 2 aromatic rings. The molecule has 1 heterocycles. The Hall–Kier alpha value is -1.82. The second-order valence-corrected chi connectivity index (χ2v) is 8.72. The number of hydrogen-bond acceptors (Lipinski definition) is 4. The van der Waals surface area contributed by atoms with Crippen LogP contribution < -0.4 is 5.32 Å². The summed E-state index contributed by atoms with van der Waals surface area (Å²) < 4.78 is 1.96. The first-order valence-electron chi connectivity index (χ1n) is 9.40. The first kappa shape index (κ1) is 19.0. The number of nitrogens with zero attached hydrogens (tertiary/aromatic N) is 3. The molecule has 0 aliphatic heterocycles. The molecule has 0 spiro atoms. The maximum atomic E-state index is 12.7. The second kappa shape index (κ2) is 8.25. The van der Waals surface area contributed by atoms with Gasteiger partial charge in [-0.15, -0.1) is 10.2 Å². The number of thioether (sulfide) groups is 1. The third-order valence-electron chi connectivity index (χ3n) is 5.22. The van der Waals surface area contributed by atoms with E-state index < -0.39 is 0 Å². The van der Waals surface area contributed by atoms with Gasteiger partial charge in [-0.25, -0.2) is 0 Å². The summed E-state index contributed by atoms with van der Waals surface area (Å²) in [4.78, 5) is 12.7.